The largest absolute Gasteiger partial charge is 0.374 e. The van der Waals surface area contributed by atoms with Crippen molar-refractivity contribution in [3.05, 3.63) is 29.8 Å². The maximum Gasteiger partial charge on any atom is 0.251 e. The van der Waals surface area contributed by atoms with E-state index in [-0.39, 0.29) is 36.8 Å². The number of carbonyl (C=O) groups is 1. The van der Waals surface area contributed by atoms with Crippen molar-refractivity contribution >= 4 is 36.4 Å². The first-order valence-corrected chi connectivity index (χ1v) is 7.82. The zero-order valence-corrected chi connectivity index (χ0v) is 15.8. The molecular weight excluding hydrogens is 333 g/mol. The van der Waals surface area contributed by atoms with E-state index in [4.69, 9.17) is 5.73 Å². The van der Waals surface area contributed by atoms with Gasteiger partial charge in [-0.3, -0.25) is 4.79 Å². The van der Waals surface area contributed by atoms with Gasteiger partial charge in [-0.1, -0.05) is 13.8 Å². The molecule has 0 bridgehead atoms. The summed E-state index contributed by atoms with van der Waals surface area (Å²) in [7, 11) is 2.07. The van der Waals surface area contributed by atoms with Crippen molar-refractivity contribution < 1.29 is 4.79 Å². The number of carbonyl (C=O) groups excluding carboxylic acids is 1. The topological polar surface area (TPSA) is 58.4 Å². The Labute approximate surface area is 152 Å². The summed E-state index contributed by atoms with van der Waals surface area (Å²) in [5, 5.41) is 2.92. The van der Waals surface area contributed by atoms with Gasteiger partial charge in [-0.05, 0) is 48.9 Å². The number of halogens is 2. The van der Waals surface area contributed by atoms with Gasteiger partial charge in [0.15, 0.2) is 0 Å². The van der Waals surface area contributed by atoms with Crippen molar-refractivity contribution in [1.82, 2.24) is 5.32 Å². The van der Waals surface area contributed by atoms with Gasteiger partial charge in [0.05, 0.1) is 0 Å². The Morgan fingerprint density at radius 2 is 1.83 bits per heavy atom. The van der Waals surface area contributed by atoms with Gasteiger partial charge in [0, 0.05) is 37.4 Å². The third-order valence-electron chi connectivity index (χ3n) is 3.94. The highest BCUT2D eigenvalue weighted by Gasteiger charge is 2.28. The first-order chi connectivity index (χ1) is 9.97. The van der Waals surface area contributed by atoms with Gasteiger partial charge < -0.3 is 16.0 Å². The van der Waals surface area contributed by atoms with Crippen LogP contribution in [0.1, 0.15) is 37.0 Å². The summed E-state index contributed by atoms with van der Waals surface area (Å²) >= 11 is 0. The quantitative estimate of drug-likeness (QED) is 0.784. The first kappa shape index (κ1) is 22.0. The van der Waals surface area contributed by atoms with Crippen LogP contribution in [0.15, 0.2) is 24.3 Å². The zero-order valence-electron chi connectivity index (χ0n) is 14.1. The fourth-order valence-electron chi connectivity index (χ4n) is 2.52. The monoisotopic (exact) mass is 361 g/mol. The first-order valence-electron chi connectivity index (χ1n) is 7.82. The standard InChI is InChI=1S/C17H27N3O.2ClH/c1-12(2)11-20(3)15-8-6-14(7-9-15)17(21)19-10-16(18)13-4-5-13;;/h6-9,12-13,16H,4-5,10-11,18H2,1-3H3,(H,19,21);2*1H. The zero-order chi connectivity index (χ0) is 15.4. The second-order valence-corrected chi connectivity index (χ2v) is 6.53. The molecule has 1 atom stereocenters. The molecule has 1 aromatic rings. The number of nitrogens with two attached hydrogens (primary N) is 1. The number of nitrogens with one attached hydrogen (secondary N) is 1. The summed E-state index contributed by atoms with van der Waals surface area (Å²) in [4.78, 5) is 14.3. The maximum atomic E-state index is 12.1. The van der Waals surface area contributed by atoms with Crippen molar-refractivity contribution in [2.45, 2.75) is 32.7 Å². The van der Waals surface area contributed by atoms with E-state index in [1.807, 2.05) is 24.3 Å². The number of anilines is 1. The predicted octanol–water partition coefficient (Wildman–Crippen LogP) is 3.09. The molecule has 0 heterocycles. The van der Waals surface area contributed by atoms with E-state index in [1.54, 1.807) is 0 Å². The molecule has 0 saturated heterocycles. The number of hydrogen-bond donors (Lipinski definition) is 2. The Bertz CT molecular complexity index is 475. The van der Waals surface area contributed by atoms with Gasteiger partial charge in [0.2, 0.25) is 0 Å². The summed E-state index contributed by atoms with van der Waals surface area (Å²) in [5.41, 5.74) is 7.82. The molecule has 132 valence electrons. The van der Waals surface area contributed by atoms with Crippen LogP contribution < -0.4 is 16.0 Å². The van der Waals surface area contributed by atoms with Crippen LogP contribution in [0.25, 0.3) is 0 Å². The van der Waals surface area contributed by atoms with Gasteiger partial charge in [0.1, 0.15) is 0 Å². The minimum Gasteiger partial charge on any atom is -0.374 e. The molecular formula is C17H29Cl2N3O. The third kappa shape index (κ3) is 6.98. The summed E-state index contributed by atoms with van der Waals surface area (Å²) in [5.74, 6) is 1.18. The van der Waals surface area contributed by atoms with Gasteiger partial charge in [-0.2, -0.15) is 0 Å². The highest BCUT2D eigenvalue weighted by Crippen LogP contribution is 2.31. The lowest BCUT2D eigenvalue weighted by Gasteiger charge is -2.21. The lowest BCUT2D eigenvalue weighted by Crippen LogP contribution is -2.38. The van der Waals surface area contributed by atoms with Gasteiger partial charge in [-0.25, -0.2) is 0 Å². The third-order valence-corrected chi connectivity index (χ3v) is 3.94. The highest BCUT2D eigenvalue weighted by atomic mass is 35.5. The van der Waals surface area contributed by atoms with Crippen molar-refractivity contribution in [3.63, 3.8) is 0 Å². The number of amides is 1. The Morgan fingerprint density at radius 1 is 1.26 bits per heavy atom. The average molecular weight is 362 g/mol. The lowest BCUT2D eigenvalue weighted by molar-refractivity contribution is 0.0950. The van der Waals surface area contributed by atoms with Crippen LogP contribution in [-0.4, -0.2) is 32.1 Å². The molecule has 1 aliphatic carbocycles. The number of rotatable bonds is 7. The van der Waals surface area contributed by atoms with E-state index in [0.717, 1.165) is 12.2 Å². The van der Waals surface area contributed by atoms with Crippen LogP contribution in [0.4, 0.5) is 5.69 Å². The molecule has 1 aliphatic rings. The molecule has 0 spiro atoms. The van der Waals surface area contributed by atoms with Crippen LogP contribution in [-0.2, 0) is 0 Å². The van der Waals surface area contributed by atoms with E-state index in [1.165, 1.54) is 12.8 Å². The molecule has 4 nitrogen and oxygen atoms in total. The normalized spacial score (nSPS) is 14.5. The number of nitrogens with zero attached hydrogens (tertiary/aromatic N) is 1. The molecule has 0 aliphatic heterocycles. The predicted molar refractivity (Wildman–Crippen MR) is 102 cm³/mol. The minimum absolute atomic E-state index is 0. The van der Waals surface area contributed by atoms with Crippen LogP contribution >= 0.6 is 24.8 Å². The summed E-state index contributed by atoms with van der Waals surface area (Å²) in [6, 6.07) is 7.86. The second-order valence-electron chi connectivity index (χ2n) is 6.53. The Morgan fingerprint density at radius 3 is 2.30 bits per heavy atom. The van der Waals surface area contributed by atoms with Crippen LogP contribution in [0.5, 0.6) is 0 Å². The molecule has 23 heavy (non-hydrogen) atoms. The highest BCUT2D eigenvalue weighted by molar-refractivity contribution is 5.94. The lowest BCUT2D eigenvalue weighted by atomic mass is 10.1. The minimum atomic E-state index is -0.0378. The van der Waals surface area contributed by atoms with Gasteiger partial charge in [-0.15, -0.1) is 24.8 Å². The number of hydrogen-bond acceptors (Lipinski definition) is 3. The molecule has 6 heteroatoms. The fourth-order valence-corrected chi connectivity index (χ4v) is 2.52. The molecule has 0 aromatic heterocycles. The van der Waals surface area contributed by atoms with Crippen molar-refractivity contribution in [2.24, 2.45) is 17.6 Å². The molecule has 1 aromatic carbocycles. The molecule has 3 N–H and O–H groups in total. The van der Waals surface area contributed by atoms with Crippen molar-refractivity contribution in [2.75, 3.05) is 25.0 Å². The molecule has 1 unspecified atom stereocenters. The molecule has 2 rings (SSSR count). The molecule has 1 saturated carbocycles. The Kier molecular flexibility index (Phi) is 9.59. The SMILES string of the molecule is CC(C)CN(C)c1ccc(C(=O)NCC(N)C2CC2)cc1.Cl.Cl. The summed E-state index contributed by atoms with van der Waals surface area (Å²) < 4.78 is 0. The van der Waals surface area contributed by atoms with Crippen molar-refractivity contribution in [3.8, 4) is 0 Å². The van der Waals surface area contributed by atoms with E-state index in [0.29, 0.717) is 23.9 Å². The fraction of sp³-hybridized carbons (Fsp3) is 0.588. The van der Waals surface area contributed by atoms with E-state index >= 15 is 0 Å². The van der Waals surface area contributed by atoms with E-state index < -0.39 is 0 Å². The Hall–Kier alpha value is -0.970. The molecule has 1 fully saturated rings. The van der Waals surface area contributed by atoms with Crippen LogP contribution in [0.3, 0.4) is 0 Å². The van der Waals surface area contributed by atoms with E-state index in [2.05, 4.69) is 31.1 Å². The van der Waals surface area contributed by atoms with E-state index in [9.17, 15) is 4.79 Å². The van der Waals surface area contributed by atoms with Crippen LogP contribution in [0.2, 0.25) is 0 Å². The summed E-state index contributed by atoms with van der Waals surface area (Å²) in [6.07, 6.45) is 2.40. The van der Waals surface area contributed by atoms with Crippen LogP contribution in [0, 0.1) is 11.8 Å². The number of benzene rings is 1. The maximum absolute atomic E-state index is 12.1. The van der Waals surface area contributed by atoms with Gasteiger partial charge in [0.25, 0.3) is 5.91 Å². The smallest absolute Gasteiger partial charge is 0.251 e. The average Bonchev–Trinajstić information content (AvgIpc) is 3.28. The second kappa shape index (κ2) is 10.0. The summed E-state index contributed by atoms with van der Waals surface area (Å²) in [6.45, 7) is 5.96. The molecule has 1 amide bonds. The van der Waals surface area contributed by atoms with Gasteiger partial charge >= 0.3 is 0 Å². The van der Waals surface area contributed by atoms with Crippen molar-refractivity contribution in [1.29, 1.82) is 0 Å². The molecule has 0 radical (unpaired) electrons. The Balaban J connectivity index is 0.00000242.